The summed E-state index contributed by atoms with van der Waals surface area (Å²) in [5.74, 6) is -33.7. The van der Waals surface area contributed by atoms with E-state index in [1.54, 1.807) is 99.8 Å². The number of aromatic amines is 1. The van der Waals surface area contributed by atoms with Crippen LogP contribution in [-0.2, 0) is 115 Å². The summed E-state index contributed by atoms with van der Waals surface area (Å²) in [7, 11) is 4.53. The molecule has 15 N–H and O–H groups in total. The standard InChI is InChI=1S/C92H109F5N16O19S/c1-10-11-26-67-90(130)109(6)44-72(117)102-63(41-75(120)121)86(126)108-81(49(4)5)92(132)111(8)69(35-50-20-14-12-15-21-50)87(127)106-64-37-53-29-32-56(115)39-68(53)113(89(64)129)45-73(118)101-62(38-54-42-99-59-25-19-18-24-57(54)59)85(125)105-61(34-52-27-30-55(114)31-28-52)84(124)104-60(33-48(2)3)83(123)107-66(82(122)100-43-71(98)116)46-133-47-74(119)103-65(40-58-76(93)78(95)80(97)79(96)77(58)94)88(128)112(9)70(91(131)110(67)7)36-51-22-16-13-17-23-51/h12-25,27-32,39,42,48-49,60-67,69-70,81,99,114-115H,10-11,26,33-38,40-41,43-47H2,1-9H3,(H2,98,116)(H,100,122)(H,101,118)(H,102,117)(H,103,119)(H,104,124)(H,105,125)(H,106,127)(H,107,123)(H,108,126)(H,120,121)/t60-,61-,62-,63-,64-,65-,66-,67-,69-,70-,81-/m0/s1. The first-order valence-corrected chi connectivity index (χ1v) is 44.0. The topological polar surface area (TPSA) is 500 Å². The first-order valence-electron chi connectivity index (χ1n) is 42.9. The molecule has 35 nitrogen and oxygen atoms in total. The Balaban J connectivity index is 1.13. The molecule has 0 radical (unpaired) electrons. The number of anilines is 1. The van der Waals surface area contributed by atoms with Crippen molar-refractivity contribution < 1.29 is 114 Å². The van der Waals surface area contributed by atoms with E-state index >= 15 is 55.9 Å². The Morgan fingerprint density at radius 1 is 0.519 bits per heavy atom. The lowest BCUT2D eigenvalue weighted by Gasteiger charge is -2.37. The Labute approximate surface area is 766 Å². The van der Waals surface area contributed by atoms with Gasteiger partial charge in [0.1, 0.15) is 84.5 Å². The highest BCUT2D eigenvalue weighted by molar-refractivity contribution is 8.00. The minimum Gasteiger partial charge on any atom is -0.508 e. The molecule has 0 spiro atoms. The van der Waals surface area contributed by atoms with Gasteiger partial charge in [0, 0.05) is 101 Å². The first kappa shape index (κ1) is 103. The Bertz CT molecular complexity index is 5440. The highest BCUT2D eigenvalue weighted by Gasteiger charge is 2.44. The number of likely N-dealkylation sites (N-methyl/N-ethyl adjacent to an activating group) is 4. The van der Waals surface area contributed by atoms with Gasteiger partial charge in [-0.25, -0.2) is 22.0 Å². The van der Waals surface area contributed by atoms with Gasteiger partial charge >= 0.3 is 5.97 Å². The highest BCUT2D eigenvalue weighted by Crippen LogP contribution is 2.33. The summed E-state index contributed by atoms with van der Waals surface area (Å²) in [5.41, 5.74) is 6.25. The van der Waals surface area contributed by atoms with Gasteiger partial charge in [-0.1, -0.05) is 145 Å². The lowest BCUT2D eigenvalue weighted by atomic mass is 9.95. The van der Waals surface area contributed by atoms with E-state index in [4.69, 9.17) is 5.73 Å². The number of unbranched alkanes of at least 4 members (excludes halogenated alkanes) is 1. The van der Waals surface area contributed by atoms with Gasteiger partial charge in [-0.05, 0) is 76.8 Å². The molecule has 133 heavy (non-hydrogen) atoms. The summed E-state index contributed by atoms with van der Waals surface area (Å²) < 4.78 is 77.0. The Kier molecular flexibility index (Phi) is 36.4. The second kappa shape index (κ2) is 47.2. The Morgan fingerprint density at radius 3 is 1.66 bits per heavy atom. The number of rotatable bonds is 21. The van der Waals surface area contributed by atoms with Crippen LogP contribution in [0, 0.1) is 40.9 Å². The van der Waals surface area contributed by atoms with Gasteiger partial charge in [-0.3, -0.25) is 76.7 Å². The number of aromatic hydroxyl groups is 2. The van der Waals surface area contributed by atoms with Crippen LogP contribution >= 0.6 is 11.8 Å². The number of carbonyl (C=O) groups is 16. The third-order valence-electron chi connectivity index (χ3n) is 22.7. The predicted octanol–water partition coefficient (Wildman–Crippen LogP) is 2.91. The van der Waals surface area contributed by atoms with Crippen LogP contribution in [0.5, 0.6) is 11.5 Å². The first-order chi connectivity index (χ1) is 63.0. The van der Waals surface area contributed by atoms with Gasteiger partial charge in [0.2, 0.25) is 94.4 Å². The maximum absolute atomic E-state index is 15.9. The second-order valence-corrected chi connectivity index (χ2v) is 34.5. The number of carbonyl (C=O) groups excluding carboxylic acids is 15. The normalized spacial score (nSPS) is 21.9. The van der Waals surface area contributed by atoms with Gasteiger partial charge < -0.3 is 98.4 Å². The zero-order valence-corrected chi connectivity index (χ0v) is 75.3. The number of para-hydroxylation sites is 1. The number of H-pyrrole nitrogens is 1. The van der Waals surface area contributed by atoms with Gasteiger partial charge in [0.05, 0.1) is 31.0 Å². The molecule has 41 heteroatoms. The molecule has 3 heterocycles. The van der Waals surface area contributed by atoms with E-state index in [0.717, 1.165) is 40.7 Å². The molecule has 0 aliphatic carbocycles. The number of aromatic nitrogens is 1. The lowest BCUT2D eigenvalue weighted by Crippen LogP contribution is -2.62. The number of fused-ring (bicyclic) bond motifs is 5. The number of nitrogens with two attached hydrogens (primary N) is 1. The zero-order valence-electron chi connectivity index (χ0n) is 74.5. The summed E-state index contributed by atoms with van der Waals surface area (Å²) in [6.45, 7) is 5.36. The molecule has 15 amide bonds. The van der Waals surface area contributed by atoms with Gasteiger partial charge in [-0.2, -0.15) is 0 Å². The SMILES string of the molecule is CCCC[C@H]1C(=O)N(C)CC(=O)N[C@@H](CC(=O)O)C(=O)N[C@@H](C(C)C)C(=O)N(C)[C@@H](Cc2ccccc2)C(=O)N[C@H]2Cc3ccc(O)cc3N(CC(=O)N[C@@H](Cc3c[nH]c4ccccc34)C(=O)N[C@@H](Cc3ccc(O)cc3)C(=O)N[C@@H](CC(C)C)C(=O)N[C@H](C(=O)NCC(N)=O)CSCC(=O)N[C@@H](Cc3c(F)c(F)c(F)c(F)c3F)C(=O)N(C)[C@@H](Cc3ccccc3)C(=O)N1C)C2=O. The third kappa shape index (κ3) is 27.6. The predicted molar refractivity (Wildman–Crippen MR) is 477 cm³/mol. The number of thioether (sulfide) groups is 1. The second-order valence-electron chi connectivity index (χ2n) is 33.5. The summed E-state index contributed by atoms with van der Waals surface area (Å²) in [6, 6.07) is 13.0. The number of phenols is 2. The van der Waals surface area contributed by atoms with E-state index in [-0.39, 0.29) is 55.7 Å². The van der Waals surface area contributed by atoms with E-state index in [2.05, 4.69) is 52.8 Å². The number of phenolic OH excluding ortho intramolecular Hbond substituents is 2. The van der Waals surface area contributed by atoms with Crippen molar-refractivity contribution in [3.8, 4) is 11.5 Å². The molecular weight excluding hydrogens is 1760 g/mol. The van der Waals surface area contributed by atoms with Crippen molar-refractivity contribution in [3.63, 3.8) is 0 Å². The fraction of sp³-hybridized carbons (Fsp3) is 0.413. The number of benzene rings is 6. The minimum atomic E-state index is -2.58. The van der Waals surface area contributed by atoms with Crippen LogP contribution in [0.15, 0.2) is 134 Å². The number of carboxylic acids is 1. The van der Waals surface area contributed by atoms with Crippen molar-refractivity contribution in [2.24, 2.45) is 17.6 Å². The highest BCUT2D eigenvalue weighted by atomic mass is 32.2. The number of halogens is 5. The van der Waals surface area contributed by atoms with E-state index in [1.165, 1.54) is 75.5 Å². The Morgan fingerprint density at radius 2 is 1.05 bits per heavy atom. The molecule has 1 saturated heterocycles. The largest absolute Gasteiger partial charge is 0.508 e. The monoisotopic (exact) mass is 1870 g/mol. The van der Waals surface area contributed by atoms with Crippen LogP contribution in [0.25, 0.3) is 10.9 Å². The zero-order chi connectivity index (χ0) is 97.5. The number of amides is 15. The fourth-order valence-corrected chi connectivity index (χ4v) is 16.4. The quantitative estimate of drug-likeness (QED) is 0.0279. The van der Waals surface area contributed by atoms with E-state index in [1.807, 2.05) is 0 Å². The van der Waals surface area contributed by atoms with Crippen LogP contribution in [0.1, 0.15) is 100 Å². The van der Waals surface area contributed by atoms with Crippen LogP contribution in [-0.4, -0.2) is 260 Å². The summed E-state index contributed by atoms with van der Waals surface area (Å²) in [4.78, 5) is 242. The number of nitrogens with zero attached hydrogens (tertiary/aromatic N) is 5. The molecule has 1 fully saturated rings. The smallest absolute Gasteiger partial charge is 0.305 e. The number of aliphatic carboxylic acids is 1. The molecule has 2 aliphatic rings. The number of carboxylic acid groups (broad SMARTS) is 1. The fourth-order valence-electron chi connectivity index (χ4n) is 15.5. The number of hydrogen-bond donors (Lipinski definition) is 14. The van der Waals surface area contributed by atoms with Crippen molar-refractivity contribution >= 4 is 123 Å². The van der Waals surface area contributed by atoms with Gasteiger partial charge in [-0.15, -0.1) is 11.8 Å². The molecule has 0 unspecified atom stereocenters. The number of nitrogens with one attached hydrogen (secondary N) is 10. The number of hydrogen-bond acceptors (Lipinski definition) is 19. The average Bonchev–Trinajstić information content (AvgIpc) is 1.37. The van der Waals surface area contributed by atoms with Crippen LogP contribution in [0.4, 0.5) is 27.6 Å². The molecular formula is C92H109F5N16O19S. The molecule has 2 aliphatic heterocycles. The maximum Gasteiger partial charge on any atom is 0.305 e. The molecule has 11 atom stereocenters. The molecule has 6 aromatic carbocycles. The summed E-state index contributed by atoms with van der Waals surface area (Å²) in [6.07, 6.45) is -2.57. The van der Waals surface area contributed by atoms with Crippen LogP contribution in [0.3, 0.4) is 0 Å². The van der Waals surface area contributed by atoms with Crippen molar-refractivity contribution in [2.75, 3.05) is 64.2 Å². The van der Waals surface area contributed by atoms with Gasteiger partial charge in [0.25, 0.3) is 0 Å². The lowest BCUT2D eigenvalue weighted by molar-refractivity contribution is -0.151. The van der Waals surface area contributed by atoms with E-state index in [9.17, 15) is 58.1 Å². The van der Waals surface area contributed by atoms with Crippen LogP contribution < -0.4 is 58.5 Å². The van der Waals surface area contributed by atoms with Gasteiger partial charge in [0.15, 0.2) is 23.3 Å². The maximum atomic E-state index is 15.9. The molecule has 1 aromatic heterocycles. The van der Waals surface area contributed by atoms with E-state index in [0.29, 0.717) is 61.8 Å². The molecule has 9 rings (SSSR count). The molecule has 2 bridgehead atoms. The van der Waals surface area contributed by atoms with E-state index < -0.39 is 264 Å². The molecule has 712 valence electrons. The summed E-state index contributed by atoms with van der Waals surface area (Å²) >= 11 is 0.523. The average molecular weight is 1870 g/mol. The third-order valence-corrected chi connectivity index (χ3v) is 23.7. The number of primary amides is 1. The Hall–Kier alpha value is -14.0. The van der Waals surface area contributed by atoms with Crippen molar-refractivity contribution in [1.29, 1.82) is 0 Å². The minimum absolute atomic E-state index is 0.00771. The van der Waals surface area contributed by atoms with Crippen molar-refractivity contribution in [2.45, 2.75) is 172 Å². The summed E-state index contributed by atoms with van der Waals surface area (Å²) in [5, 5.41) is 54.8. The van der Waals surface area contributed by atoms with Crippen LogP contribution in [0.2, 0.25) is 0 Å². The molecule has 0 saturated carbocycles. The van der Waals surface area contributed by atoms with Crippen molar-refractivity contribution in [3.05, 3.63) is 196 Å². The molecule has 7 aromatic rings. The van der Waals surface area contributed by atoms with Crippen molar-refractivity contribution in [1.82, 2.24) is 72.4 Å².